The van der Waals surface area contributed by atoms with Crippen molar-refractivity contribution in [3.8, 4) is 6.07 Å². The molecule has 0 radical (unpaired) electrons. The molecule has 0 saturated carbocycles. The van der Waals surface area contributed by atoms with Crippen molar-refractivity contribution in [2.24, 2.45) is 5.73 Å². The smallest absolute Gasteiger partial charge is 0.0991 e. The Morgan fingerprint density at radius 3 is 3.00 bits per heavy atom. The number of rotatable bonds is 1. The lowest BCUT2D eigenvalue weighted by Gasteiger charge is -2.19. The number of nitriles is 1. The van der Waals surface area contributed by atoms with Gasteiger partial charge in [-0.25, -0.2) is 0 Å². The lowest BCUT2D eigenvalue weighted by atomic mass is 10.1. The number of fused-ring (bicyclic) bond motifs is 1. The van der Waals surface area contributed by atoms with E-state index in [-0.39, 0.29) is 6.04 Å². The summed E-state index contributed by atoms with van der Waals surface area (Å²) in [5, 5.41) is 10.0. The maximum Gasteiger partial charge on any atom is 0.0991 e. The van der Waals surface area contributed by atoms with E-state index in [1.165, 1.54) is 0 Å². The van der Waals surface area contributed by atoms with Gasteiger partial charge in [-0.2, -0.15) is 5.26 Å². The molecule has 4 nitrogen and oxygen atoms in total. The highest BCUT2D eigenvalue weighted by molar-refractivity contribution is 5.92. The largest absolute Gasteiger partial charge is 0.369 e. The number of benzene rings is 1. The first-order valence-electron chi connectivity index (χ1n) is 6.07. The molecule has 18 heavy (non-hydrogen) atoms. The van der Waals surface area contributed by atoms with Gasteiger partial charge in [-0.15, -0.1) is 0 Å². The monoisotopic (exact) mass is 238 g/mol. The molecule has 1 unspecified atom stereocenters. The zero-order chi connectivity index (χ0) is 12.5. The van der Waals surface area contributed by atoms with E-state index < -0.39 is 0 Å². The fourth-order valence-electron chi connectivity index (χ4n) is 2.48. The molecule has 0 amide bonds. The predicted molar refractivity (Wildman–Crippen MR) is 71.3 cm³/mol. The second kappa shape index (κ2) is 4.28. The van der Waals surface area contributed by atoms with E-state index in [9.17, 15) is 0 Å². The van der Waals surface area contributed by atoms with Crippen LogP contribution < -0.4 is 10.6 Å². The number of pyridine rings is 1. The van der Waals surface area contributed by atoms with Crippen LogP contribution in [0.15, 0.2) is 30.5 Å². The van der Waals surface area contributed by atoms with Crippen LogP contribution in [-0.2, 0) is 0 Å². The molecule has 3 rings (SSSR count). The molecular formula is C14H14N4. The highest BCUT2D eigenvalue weighted by atomic mass is 15.2. The summed E-state index contributed by atoms with van der Waals surface area (Å²) in [6.45, 7) is 1.84. The Kier molecular flexibility index (Phi) is 2.62. The second-order valence-corrected chi connectivity index (χ2v) is 4.67. The Morgan fingerprint density at radius 2 is 2.28 bits per heavy atom. The maximum atomic E-state index is 8.99. The average Bonchev–Trinajstić information content (AvgIpc) is 2.84. The first kappa shape index (κ1) is 11.0. The quantitative estimate of drug-likeness (QED) is 0.820. The van der Waals surface area contributed by atoms with Crippen molar-refractivity contribution < 1.29 is 0 Å². The predicted octanol–water partition coefficient (Wildman–Crippen LogP) is 1.64. The first-order chi connectivity index (χ1) is 8.78. The Balaban J connectivity index is 2.14. The molecule has 1 aromatic carbocycles. The standard InChI is InChI=1S/C14H14N4/c15-8-10-1-2-13-12(7-10)14(3-5-17-13)18-6-4-11(16)9-18/h1-3,5,7,11H,4,6,9,16H2. The summed E-state index contributed by atoms with van der Waals surface area (Å²) < 4.78 is 0. The third-order valence-corrected chi connectivity index (χ3v) is 3.41. The van der Waals surface area contributed by atoms with Crippen LogP contribution in [0.3, 0.4) is 0 Å². The number of hydrogen-bond donors (Lipinski definition) is 1. The topological polar surface area (TPSA) is 65.9 Å². The fourth-order valence-corrected chi connectivity index (χ4v) is 2.48. The molecule has 90 valence electrons. The van der Waals surface area contributed by atoms with Crippen molar-refractivity contribution in [1.29, 1.82) is 5.26 Å². The van der Waals surface area contributed by atoms with Gasteiger partial charge in [-0.3, -0.25) is 4.98 Å². The average molecular weight is 238 g/mol. The van der Waals surface area contributed by atoms with Gasteiger partial charge in [0.1, 0.15) is 0 Å². The Morgan fingerprint density at radius 1 is 1.39 bits per heavy atom. The summed E-state index contributed by atoms with van der Waals surface area (Å²) in [5.41, 5.74) is 8.67. The number of nitrogens with two attached hydrogens (primary N) is 1. The number of aromatic nitrogens is 1. The Hall–Kier alpha value is -2.12. The van der Waals surface area contributed by atoms with Gasteiger partial charge < -0.3 is 10.6 Å². The highest BCUT2D eigenvalue weighted by Gasteiger charge is 2.20. The van der Waals surface area contributed by atoms with E-state index in [4.69, 9.17) is 11.0 Å². The molecule has 1 fully saturated rings. The Labute approximate surface area is 106 Å². The number of anilines is 1. The van der Waals surface area contributed by atoms with Crippen LogP contribution in [0.4, 0.5) is 5.69 Å². The van der Waals surface area contributed by atoms with E-state index in [2.05, 4.69) is 16.0 Å². The van der Waals surface area contributed by atoms with Gasteiger partial charge in [-0.05, 0) is 30.7 Å². The Bertz CT molecular complexity index is 629. The molecule has 0 aliphatic carbocycles. The third kappa shape index (κ3) is 1.79. The van der Waals surface area contributed by atoms with Gasteiger partial charge in [0.15, 0.2) is 0 Å². The number of nitrogens with zero attached hydrogens (tertiary/aromatic N) is 3. The minimum Gasteiger partial charge on any atom is -0.369 e. The minimum atomic E-state index is 0.243. The van der Waals surface area contributed by atoms with E-state index in [0.717, 1.165) is 36.1 Å². The van der Waals surface area contributed by atoms with Crippen LogP contribution in [0.2, 0.25) is 0 Å². The molecule has 0 spiro atoms. The van der Waals surface area contributed by atoms with Crippen LogP contribution in [0.25, 0.3) is 10.9 Å². The minimum absolute atomic E-state index is 0.243. The SMILES string of the molecule is N#Cc1ccc2nccc(N3CCC(N)C3)c2c1. The van der Waals surface area contributed by atoms with Crippen LogP contribution in [0.5, 0.6) is 0 Å². The zero-order valence-electron chi connectivity index (χ0n) is 10.0. The molecule has 2 N–H and O–H groups in total. The molecule has 2 aromatic rings. The van der Waals surface area contributed by atoms with Gasteiger partial charge in [0.05, 0.1) is 17.1 Å². The summed E-state index contributed by atoms with van der Waals surface area (Å²) in [4.78, 5) is 6.61. The van der Waals surface area contributed by atoms with Crippen molar-refractivity contribution in [2.45, 2.75) is 12.5 Å². The van der Waals surface area contributed by atoms with Crippen molar-refractivity contribution >= 4 is 16.6 Å². The molecule has 1 aromatic heterocycles. The fraction of sp³-hybridized carbons (Fsp3) is 0.286. The van der Waals surface area contributed by atoms with Crippen molar-refractivity contribution in [3.05, 3.63) is 36.0 Å². The van der Waals surface area contributed by atoms with Crippen LogP contribution >= 0.6 is 0 Å². The van der Waals surface area contributed by atoms with Gasteiger partial charge in [0.25, 0.3) is 0 Å². The molecule has 4 heteroatoms. The number of hydrogen-bond acceptors (Lipinski definition) is 4. The van der Waals surface area contributed by atoms with E-state index in [1.807, 2.05) is 24.4 Å². The zero-order valence-corrected chi connectivity index (χ0v) is 10.0. The van der Waals surface area contributed by atoms with Crippen molar-refractivity contribution in [1.82, 2.24) is 4.98 Å². The summed E-state index contributed by atoms with van der Waals surface area (Å²) >= 11 is 0. The van der Waals surface area contributed by atoms with E-state index >= 15 is 0 Å². The first-order valence-corrected chi connectivity index (χ1v) is 6.07. The van der Waals surface area contributed by atoms with Crippen molar-refractivity contribution in [3.63, 3.8) is 0 Å². The van der Waals surface area contributed by atoms with Gasteiger partial charge in [-0.1, -0.05) is 0 Å². The molecule has 0 bridgehead atoms. The summed E-state index contributed by atoms with van der Waals surface area (Å²) in [7, 11) is 0. The second-order valence-electron chi connectivity index (χ2n) is 4.67. The third-order valence-electron chi connectivity index (χ3n) is 3.41. The molecular weight excluding hydrogens is 224 g/mol. The molecule has 1 aliphatic heterocycles. The van der Waals surface area contributed by atoms with E-state index in [0.29, 0.717) is 5.56 Å². The summed E-state index contributed by atoms with van der Waals surface area (Å²) in [6.07, 6.45) is 2.83. The molecule has 1 saturated heterocycles. The lowest BCUT2D eigenvalue weighted by molar-refractivity contribution is 0.752. The normalized spacial score (nSPS) is 19.1. The van der Waals surface area contributed by atoms with Crippen molar-refractivity contribution in [2.75, 3.05) is 18.0 Å². The lowest BCUT2D eigenvalue weighted by Crippen LogP contribution is -2.26. The highest BCUT2D eigenvalue weighted by Crippen LogP contribution is 2.28. The summed E-state index contributed by atoms with van der Waals surface area (Å²) in [6, 6.07) is 10.0. The van der Waals surface area contributed by atoms with Gasteiger partial charge in [0.2, 0.25) is 0 Å². The van der Waals surface area contributed by atoms with Crippen LogP contribution in [0, 0.1) is 11.3 Å². The molecule has 1 aliphatic rings. The van der Waals surface area contributed by atoms with E-state index in [1.54, 1.807) is 6.07 Å². The molecule has 1 atom stereocenters. The maximum absolute atomic E-state index is 8.99. The van der Waals surface area contributed by atoms with Gasteiger partial charge >= 0.3 is 0 Å². The van der Waals surface area contributed by atoms with Crippen LogP contribution in [-0.4, -0.2) is 24.1 Å². The summed E-state index contributed by atoms with van der Waals surface area (Å²) in [5.74, 6) is 0. The molecule has 2 heterocycles. The van der Waals surface area contributed by atoms with Crippen LogP contribution in [0.1, 0.15) is 12.0 Å². The van der Waals surface area contributed by atoms with Gasteiger partial charge in [0, 0.05) is 36.4 Å².